The van der Waals surface area contributed by atoms with E-state index in [0.717, 1.165) is 0 Å². The number of pyridine rings is 1. The summed E-state index contributed by atoms with van der Waals surface area (Å²) in [5.41, 5.74) is 4.11. The Kier molecular flexibility index (Phi) is 3.41. The number of nitrogens with two attached hydrogens (primary N) is 1. The Bertz CT molecular complexity index is 395. The average molecular weight is 263 g/mol. The highest BCUT2D eigenvalue weighted by molar-refractivity contribution is 6.34. The maximum absolute atomic E-state index is 12.2. The minimum absolute atomic E-state index is 0.386. The normalized spacial score (nSPS) is 11.9. The van der Waals surface area contributed by atoms with Crippen LogP contribution in [0.25, 0.3) is 0 Å². The molecule has 0 bridgehead atoms. The van der Waals surface area contributed by atoms with E-state index in [1.807, 2.05) is 0 Å². The molecule has 0 radical (unpaired) electrons. The van der Waals surface area contributed by atoms with E-state index >= 15 is 0 Å². The number of rotatable bonds is 2. The molecule has 0 amide bonds. The van der Waals surface area contributed by atoms with Crippen LogP contribution in [0.4, 0.5) is 27.8 Å². The van der Waals surface area contributed by atoms with Crippen LogP contribution in [0.15, 0.2) is 6.07 Å². The molecule has 0 saturated carbocycles. The maximum atomic E-state index is 12.2. The van der Waals surface area contributed by atoms with Crippen molar-refractivity contribution in [1.82, 2.24) is 4.98 Å². The quantitative estimate of drug-likeness (QED) is 0.833. The van der Waals surface area contributed by atoms with E-state index in [9.17, 15) is 22.0 Å². The molecule has 0 spiro atoms. The van der Waals surface area contributed by atoms with Gasteiger partial charge in [0.25, 0.3) is 6.43 Å². The van der Waals surface area contributed by atoms with Crippen LogP contribution in [-0.2, 0) is 0 Å². The van der Waals surface area contributed by atoms with E-state index in [1.165, 1.54) is 0 Å². The van der Waals surface area contributed by atoms with Gasteiger partial charge in [0.15, 0.2) is 5.75 Å². The molecule has 0 aliphatic rings. The van der Waals surface area contributed by atoms with Gasteiger partial charge in [-0.25, -0.2) is 13.8 Å². The van der Waals surface area contributed by atoms with Gasteiger partial charge in [-0.05, 0) is 0 Å². The highest BCUT2D eigenvalue weighted by atomic mass is 35.5. The minimum Gasteiger partial charge on any atom is -0.404 e. The molecule has 1 heterocycles. The van der Waals surface area contributed by atoms with Crippen LogP contribution in [0.1, 0.15) is 12.1 Å². The van der Waals surface area contributed by atoms with Gasteiger partial charge in [-0.15, -0.1) is 13.2 Å². The lowest BCUT2D eigenvalue weighted by molar-refractivity contribution is -0.274. The van der Waals surface area contributed by atoms with Crippen LogP contribution in [0.2, 0.25) is 5.02 Å². The predicted molar refractivity (Wildman–Crippen MR) is 45.3 cm³/mol. The molecule has 1 rings (SSSR count). The number of nitrogens with zero attached hydrogens (tertiary/aromatic N) is 1. The van der Waals surface area contributed by atoms with E-state index < -0.39 is 35.1 Å². The Morgan fingerprint density at radius 3 is 2.38 bits per heavy atom. The van der Waals surface area contributed by atoms with Gasteiger partial charge >= 0.3 is 6.36 Å². The monoisotopic (exact) mass is 262 g/mol. The first-order valence-corrected chi connectivity index (χ1v) is 4.08. The molecule has 0 aliphatic heterocycles. The topological polar surface area (TPSA) is 48.1 Å². The van der Waals surface area contributed by atoms with Crippen LogP contribution in [0.5, 0.6) is 5.75 Å². The van der Waals surface area contributed by atoms with Gasteiger partial charge in [-0.3, -0.25) is 0 Å². The molecule has 2 N–H and O–H groups in total. The Hall–Kier alpha value is -1.31. The number of nitrogen functional groups attached to an aromatic ring is 1. The average Bonchev–Trinajstić information content (AvgIpc) is 2.10. The number of hydrogen-bond donors (Lipinski definition) is 1. The van der Waals surface area contributed by atoms with Crippen molar-refractivity contribution in [2.75, 3.05) is 5.73 Å². The zero-order valence-electron chi connectivity index (χ0n) is 7.36. The number of hydrogen-bond acceptors (Lipinski definition) is 3. The summed E-state index contributed by atoms with van der Waals surface area (Å²) >= 11 is 5.32. The molecule has 0 aliphatic carbocycles. The van der Waals surface area contributed by atoms with Crippen molar-refractivity contribution in [1.29, 1.82) is 0 Å². The largest absolute Gasteiger partial charge is 0.573 e. The lowest BCUT2D eigenvalue weighted by atomic mass is 10.3. The highest BCUT2D eigenvalue weighted by Crippen LogP contribution is 2.35. The molecular weight excluding hydrogens is 259 g/mol. The third-order valence-electron chi connectivity index (χ3n) is 1.42. The number of alkyl halides is 5. The molecule has 0 aromatic carbocycles. The highest BCUT2D eigenvalue weighted by Gasteiger charge is 2.33. The number of anilines is 1. The molecular formula is C7H4ClF5N2O. The van der Waals surface area contributed by atoms with Crippen molar-refractivity contribution in [3.8, 4) is 5.75 Å². The van der Waals surface area contributed by atoms with Crippen LogP contribution in [-0.4, -0.2) is 11.3 Å². The summed E-state index contributed by atoms with van der Waals surface area (Å²) in [6, 6.07) is 0.386. The number of ether oxygens (including phenoxy) is 1. The van der Waals surface area contributed by atoms with E-state index in [1.54, 1.807) is 0 Å². The van der Waals surface area contributed by atoms with E-state index in [0.29, 0.717) is 6.07 Å². The van der Waals surface area contributed by atoms with E-state index in [2.05, 4.69) is 9.72 Å². The van der Waals surface area contributed by atoms with Gasteiger partial charge < -0.3 is 10.5 Å². The molecule has 0 saturated heterocycles. The zero-order valence-corrected chi connectivity index (χ0v) is 8.11. The Labute approximate surface area is 91.0 Å². The van der Waals surface area contributed by atoms with Gasteiger partial charge in [0, 0.05) is 6.07 Å². The minimum atomic E-state index is -5.04. The third kappa shape index (κ3) is 3.09. The van der Waals surface area contributed by atoms with Gasteiger partial charge in [0.05, 0.1) is 0 Å². The standard InChI is InChI=1S/C7H4ClF5N2O/c8-4-3(16-7(11,12)13)1-2(5(9)10)15-6(4)14/h1,5H,(H2,14,15). The Morgan fingerprint density at radius 2 is 1.94 bits per heavy atom. The fraction of sp³-hybridized carbons (Fsp3) is 0.286. The first-order valence-electron chi connectivity index (χ1n) is 3.70. The van der Waals surface area contributed by atoms with E-state index in [4.69, 9.17) is 17.3 Å². The van der Waals surface area contributed by atoms with Gasteiger partial charge in [-0.1, -0.05) is 11.6 Å². The molecule has 1 aromatic rings. The summed E-state index contributed by atoms with van der Waals surface area (Å²) in [5, 5.41) is -0.665. The molecule has 1 aromatic heterocycles. The third-order valence-corrected chi connectivity index (χ3v) is 1.80. The smallest absolute Gasteiger partial charge is 0.404 e. The number of aromatic nitrogens is 1. The van der Waals surface area contributed by atoms with Crippen LogP contribution in [0.3, 0.4) is 0 Å². The molecule has 16 heavy (non-hydrogen) atoms. The summed E-state index contributed by atoms with van der Waals surface area (Å²) in [4.78, 5) is 3.11. The van der Waals surface area contributed by atoms with Crippen molar-refractivity contribution < 1.29 is 26.7 Å². The summed E-state index contributed by atoms with van der Waals surface area (Å²) < 4.78 is 63.4. The molecule has 0 fully saturated rings. The SMILES string of the molecule is Nc1nc(C(F)F)cc(OC(F)(F)F)c1Cl. The lowest BCUT2D eigenvalue weighted by Crippen LogP contribution is -2.18. The maximum Gasteiger partial charge on any atom is 0.573 e. The van der Waals surface area contributed by atoms with Crippen LogP contribution < -0.4 is 10.5 Å². The fourth-order valence-electron chi connectivity index (χ4n) is 0.855. The molecule has 3 nitrogen and oxygen atoms in total. The Morgan fingerprint density at radius 1 is 1.38 bits per heavy atom. The predicted octanol–water partition coefficient (Wildman–Crippen LogP) is 3.15. The second-order valence-electron chi connectivity index (χ2n) is 2.59. The molecule has 90 valence electrons. The van der Waals surface area contributed by atoms with Gasteiger partial charge in [0.1, 0.15) is 16.5 Å². The van der Waals surface area contributed by atoms with Crippen molar-refractivity contribution >= 4 is 17.4 Å². The second kappa shape index (κ2) is 4.28. The summed E-state index contributed by atoms with van der Waals surface area (Å²) in [6.45, 7) is 0. The lowest BCUT2D eigenvalue weighted by Gasteiger charge is -2.12. The van der Waals surface area contributed by atoms with Crippen molar-refractivity contribution in [2.45, 2.75) is 12.8 Å². The summed E-state index contributed by atoms with van der Waals surface area (Å²) in [6.07, 6.45) is -8.12. The molecule has 0 unspecified atom stereocenters. The van der Waals surface area contributed by atoms with Crippen molar-refractivity contribution in [2.24, 2.45) is 0 Å². The van der Waals surface area contributed by atoms with Gasteiger partial charge in [-0.2, -0.15) is 0 Å². The summed E-state index contributed by atoms with van der Waals surface area (Å²) in [5.74, 6) is -1.66. The molecule has 0 atom stereocenters. The van der Waals surface area contributed by atoms with Gasteiger partial charge in [0.2, 0.25) is 0 Å². The first-order chi connectivity index (χ1) is 7.20. The number of halogens is 6. The van der Waals surface area contributed by atoms with Crippen molar-refractivity contribution in [3.05, 3.63) is 16.8 Å². The van der Waals surface area contributed by atoms with Crippen LogP contribution >= 0.6 is 11.6 Å². The van der Waals surface area contributed by atoms with E-state index in [-0.39, 0.29) is 0 Å². The molecule has 9 heteroatoms. The van der Waals surface area contributed by atoms with Crippen molar-refractivity contribution in [3.63, 3.8) is 0 Å². The van der Waals surface area contributed by atoms with Crippen LogP contribution in [0, 0.1) is 0 Å². The first kappa shape index (κ1) is 12.8. The second-order valence-corrected chi connectivity index (χ2v) is 2.97. The summed E-state index contributed by atoms with van der Waals surface area (Å²) in [7, 11) is 0. The fourth-order valence-corrected chi connectivity index (χ4v) is 0.990. The zero-order chi connectivity index (χ0) is 12.5. The Balaban J connectivity index is 3.17.